The number of aliphatic carboxylic acids is 1. The van der Waals surface area contributed by atoms with Crippen molar-refractivity contribution in [2.24, 2.45) is 17.8 Å². The molecule has 3 atom stereocenters. The smallest absolute Gasteiger partial charge is 0.307 e. The molecule has 110 valence electrons. The van der Waals surface area contributed by atoms with E-state index < -0.39 is 17.8 Å². The largest absolute Gasteiger partial charge is 0.481 e. The topological polar surface area (TPSA) is 79.5 Å². The monoisotopic (exact) mass is 279 g/mol. The molecule has 1 amide bonds. The molecule has 0 bridgehead atoms. The van der Waals surface area contributed by atoms with Crippen LogP contribution in [-0.4, -0.2) is 23.5 Å². The van der Waals surface area contributed by atoms with Crippen LogP contribution in [0.1, 0.15) is 31.9 Å². The normalized spacial score (nSPS) is 25.6. The Morgan fingerprint density at radius 3 is 2.75 bits per heavy atom. The van der Waals surface area contributed by atoms with Crippen LogP contribution in [0.5, 0.6) is 0 Å². The van der Waals surface area contributed by atoms with E-state index in [2.05, 4.69) is 5.32 Å². The molecule has 1 aliphatic rings. The second-order valence-electron chi connectivity index (χ2n) is 5.42. The summed E-state index contributed by atoms with van der Waals surface area (Å²) in [6.07, 6.45) is 4.45. The minimum atomic E-state index is -0.855. The van der Waals surface area contributed by atoms with Crippen molar-refractivity contribution in [2.45, 2.75) is 32.6 Å². The number of rotatable bonds is 6. The highest BCUT2D eigenvalue weighted by atomic mass is 16.4. The Bertz CT molecular complexity index is 454. The minimum absolute atomic E-state index is 0.139. The Morgan fingerprint density at radius 2 is 2.15 bits per heavy atom. The molecule has 2 rings (SSSR count). The lowest BCUT2D eigenvalue weighted by Crippen LogP contribution is -2.36. The zero-order valence-corrected chi connectivity index (χ0v) is 11.7. The van der Waals surface area contributed by atoms with Gasteiger partial charge in [-0.05, 0) is 30.9 Å². The maximum absolute atomic E-state index is 12.1. The molecule has 1 fully saturated rings. The van der Waals surface area contributed by atoms with Gasteiger partial charge in [0, 0.05) is 13.0 Å². The highest BCUT2D eigenvalue weighted by Crippen LogP contribution is 2.38. The van der Waals surface area contributed by atoms with E-state index in [1.54, 1.807) is 12.3 Å². The number of carboxylic acid groups (broad SMARTS) is 1. The molecule has 0 aromatic carbocycles. The van der Waals surface area contributed by atoms with E-state index in [1.165, 1.54) is 0 Å². The Kier molecular flexibility index (Phi) is 4.82. The van der Waals surface area contributed by atoms with E-state index in [-0.39, 0.29) is 5.91 Å². The summed E-state index contributed by atoms with van der Waals surface area (Å²) in [5.41, 5.74) is 0. The quantitative estimate of drug-likeness (QED) is 0.835. The van der Waals surface area contributed by atoms with Crippen LogP contribution < -0.4 is 5.32 Å². The lowest BCUT2D eigenvalue weighted by atomic mass is 9.95. The number of hydrogen-bond acceptors (Lipinski definition) is 3. The fraction of sp³-hybridized carbons (Fsp3) is 0.600. The van der Waals surface area contributed by atoms with E-state index >= 15 is 0 Å². The minimum Gasteiger partial charge on any atom is -0.481 e. The van der Waals surface area contributed by atoms with Gasteiger partial charge in [-0.3, -0.25) is 9.59 Å². The number of nitrogens with one attached hydrogen (secondary N) is 1. The predicted octanol–water partition coefficient (Wildman–Crippen LogP) is 2.08. The van der Waals surface area contributed by atoms with Gasteiger partial charge in [0.1, 0.15) is 5.76 Å². The Hall–Kier alpha value is -1.78. The molecular formula is C15H21NO4. The SMILES string of the molecule is CCC1C[C@H](C(=O)NCCc2ccco2)[C@H](C(=O)O)C1. The van der Waals surface area contributed by atoms with E-state index in [0.29, 0.717) is 31.7 Å². The second-order valence-corrected chi connectivity index (χ2v) is 5.42. The van der Waals surface area contributed by atoms with Crippen LogP contribution >= 0.6 is 0 Å². The third kappa shape index (κ3) is 3.40. The predicted molar refractivity (Wildman–Crippen MR) is 73.1 cm³/mol. The van der Waals surface area contributed by atoms with Crippen LogP contribution in [0, 0.1) is 17.8 Å². The van der Waals surface area contributed by atoms with Crippen LogP contribution in [0.4, 0.5) is 0 Å². The molecule has 0 radical (unpaired) electrons. The molecule has 2 N–H and O–H groups in total. The van der Waals surface area contributed by atoms with Crippen LogP contribution in [0.3, 0.4) is 0 Å². The third-order valence-electron chi connectivity index (χ3n) is 4.14. The van der Waals surface area contributed by atoms with Gasteiger partial charge in [-0.1, -0.05) is 13.3 Å². The molecule has 0 spiro atoms. The molecule has 0 aliphatic heterocycles. The van der Waals surface area contributed by atoms with Gasteiger partial charge in [-0.2, -0.15) is 0 Å². The van der Waals surface area contributed by atoms with Crippen LogP contribution in [0.25, 0.3) is 0 Å². The average molecular weight is 279 g/mol. The van der Waals surface area contributed by atoms with Gasteiger partial charge >= 0.3 is 5.97 Å². The van der Waals surface area contributed by atoms with Gasteiger partial charge in [-0.15, -0.1) is 0 Å². The molecule has 1 unspecified atom stereocenters. The number of hydrogen-bond donors (Lipinski definition) is 2. The number of carbonyl (C=O) groups is 2. The maximum Gasteiger partial charge on any atom is 0.307 e. The molecule has 5 heteroatoms. The Balaban J connectivity index is 1.85. The highest BCUT2D eigenvalue weighted by molar-refractivity contribution is 5.85. The molecular weight excluding hydrogens is 258 g/mol. The van der Waals surface area contributed by atoms with Gasteiger partial charge in [0.15, 0.2) is 0 Å². The van der Waals surface area contributed by atoms with Crippen LogP contribution in [0.15, 0.2) is 22.8 Å². The van der Waals surface area contributed by atoms with Crippen molar-refractivity contribution >= 4 is 11.9 Å². The lowest BCUT2D eigenvalue weighted by molar-refractivity contribution is -0.146. The van der Waals surface area contributed by atoms with Crippen molar-refractivity contribution in [1.82, 2.24) is 5.32 Å². The fourth-order valence-electron chi connectivity index (χ4n) is 2.93. The number of carboxylic acids is 1. The number of amides is 1. The number of carbonyl (C=O) groups excluding carboxylic acids is 1. The summed E-state index contributed by atoms with van der Waals surface area (Å²) in [4.78, 5) is 23.4. The second kappa shape index (κ2) is 6.59. The summed E-state index contributed by atoms with van der Waals surface area (Å²) < 4.78 is 5.19. The third-order valence-corrected chi connectivity index (χ3v) is 4.14. The molecule has 1 aromatic heterocycles. The summed E-state index contributed by atoms with van der Waals surface area (Å²) in [5, 5.41) is 12.1. The average Bonchev–Trinajstić information content (AvgIpc) is 3.07. The Labute approximate surface area is 118 Å². The molecule has 1 saturated carbocycles. The van der Waals surface area contributed by atoms with Crippen molar-refractivity contribution in [2.75, 3.05) is 6.54 Å². The first kappa shape index (κ1) is 14.6. The molecule has 1 heterocycles. The zero-order valence-electron chi connectivity index (χ0n) is 11.7. The fourth-order valence-corrected chi connectivity index (χ4v) is 2.93. The van der Waals surface area contributed by atoms with E-state index in [4.69, 9.17) is 4.42 Å². The molecule has 1 aliphatic carbocycles. The molecule has 5 nitrogen and oxygen atoms in total. The van der Waals surface area contributed by atoms with E-state index in [0.717, 1.165) is 12.2 Å². The van der Waals surface area contributed by atoms with Gasteiger partial charge in [0.05, 0.1) is 18.1 Å². The van der Waals surface area contributed by atoms with Crippen LogP contribution in [0.2, 0.25) is 0 Å². The van der Waals surface area contributed by atoms with Gasteiger partial charge in [0.2, 0.25) is 5.91 Å². The summed E-state index contributed by atoms with van der Waals surface area (Å²) in [7, 11) is 0. The maximum atomic E-state index is 12.1. The summed E-state index contributed by atoms with van der Waals surface area (Å²) in [6, 6.07) is 3.66. The summed E-state index contributed by atoms with van der Waals surface area (Å²) in [5.74, 6) is -0.764. The van der Waals surface area contributed by atoms with Crippen LogP contribution in [-0.2, 0) is 16.0 Å². The van der Waals surface area contributed by atoms with Gasteiger partial charge in [0.25, 0.3) is 0 Å². The van der Waals surface area contributed by atoms with Crippen molar-refractivity contribution in [3.8, 4) is 0 Å². The van der Waals surface area contributed by atoms with Crippen molar-refractivity contribution in [1.29, 1.82) is 0 Å². The lowest BCUT2D eigenvalue weighted by Gasteiger charge is -2.15. The standard InChI is InChI=1S/C15H21NO4/c1-2-10-8-12(13(9-10)15(18)19)14(17)16-6-5-11-4-3-7-20-11/h3-4,7,10,12-13H,2,5-6,8-9H2,1H3,(H,16,17)(H,18,19)/t10?,12-,13+/m0/s1. The first-order valence-electron chi connectivity index (χ1n) is 7.14. The summed E-state index contributed by atoms with van der Waals surface area (Å²) >= 11 is 0. The van der Waals surface area contributed by atoms with Crippen molar-refractivity contribution in [3.05, 3.63) is 24.2 Å². The zero-order chi connectivity index (χ0) is 14.5. The van der Waals surface area contributed by atoms with E-state index in [9.17, 15) is 14.7 Å². The van der Waals surface area contributed by atoms with Crippen molar-refractivity contribution in [3.63, 3.8) is 0 Å². The highest BCUT2D eigenvalue weighted by Gasteiger charge is 2.41. The summed E-state index contributed by atoms with van der Waals surface area (Å²) in [6.45, 7) is 2.52. The van der Waals surface area contributed by atoms with E-state index in [1.807, 2.05) is 13.0 Å². The molecule has 1 aromatic rings. The first-order valence-corrected chi connectivity index (χ1v) is 7.14. The number of furan rings is 1. The molecule has 0 saturated heterocycles. The van der Waals surface area contributed by atoms with Crippen molar-refractivity contribution < 1.29 is 19.1 Å². The Morgan fingerprint density at radius 1 is 1.40 bits per heavy atom. The van der Waals surface area contributed by atoms with Gasteiger partial charge < -0.3 is 14.8 Å². The van der Waals surface area contributed by atoms with Gasteiger partial charge in [-0.25, -0.2) is 0 Å². The molecule has 20 heavy (non-hydrogen) atoms. The first-order chi connectivity index (χ1) is 9.61.